The van der Waals surface area contributed by atoms with Crippen LogP contribution in [-0.4, -0.2) is 26.9 Å². The molecule has 0 aliphatic rings. The number of nitrogens with zero attached hydrogens (tertiary/aromatic N) is 4. The Balaban J connectivity index is 1.96. The van der Waals surface area contributed by atoms with Crippen LogP contribution in [0.15, 0.2) is 36.7 Å². The maximum atomic E-state index is 12.8. The first kappa shape index (κ1) is 19.2. The van der Waals surface area contributed by atoms with Crippen LogP contribution in [0.25, 0.3) is 5.65 Å². The molecular formula is C19H17F2N5O2. The Kier molecular flexibility index (Phi) is 5.49. The SMILES string of the molecule is CCOc1cc2nc(C(C)C#N)cn2cc1NC(=O)c1cccc(C(F)F)n1. The van der Waals surface area contributed by atoms with E-state index in [0.717, 1.165) is 6.07 Å². The lowest BCUT2D eigenvalue weighted by Gasteiger charge is -2.12. The maximum Gasteiger partial charge on any atom is 0.280 e. The quantitative estimate of drug-likeness (QED) is 0.694. The summed E-state index contributed by atoms with van der Waals surface area (Å²) in [6.45, 7) is 3.87. The molecule has 1 amide bonds. The first-order chi connectivity index (χ1) is 13.4. The van der Waals surface area contributed by atoms with E-state index in [-0.39, 0.29) is 5.69 Å². The number of amides is 1. The molecule has 0 fully saturated rings. The van der Waals surface area contributed by atoms with E-state index in [2.05, 4.69) is 21.4 Å². The van der Waals surface area contributed by atoms with Crippen LogP contribution in [0, 0.1) is 11.3 Å². The van der Waals surface area contributed by atoms with Crippen LogP contribution in [0.3, 0.4) is 0 Å². The largest absolute Gasteiger partial charge is 0.491 e. The van der Waals surface area contributed by atoms with Gasteiger partial charge in [0, 0.05) is 18.5 Å². The predicted octanol–water partition coefficient (Wildman–Crippen LogP) is 3.94. The van der Waals surface area contributed by atoms with Gasteiger partial charge >= 0.3 is 0 Å². The topological polar surface area (TPSA) is 92.3 Å². The molecule has 28 heavy (non-hydrogen) atoms. The van der Waals surface area contributed by atoms with E-state index in [1.807, 2.05) is 0 Å². The number of fused-ring (bicyclic) bond motifs is 1. The standard InChI is InChI=1S/C19H17F2N5O2/c1-3-28-16-7-17-24-14(11(2)8-22)9-26(17)10-15(16)25-19(27)13-6-4-5-12(23-13)18(20)21/h4-7,9-11,18H,3H2,1-2H3,(H,25,27). The van der Waals surface area contributed by atoms with Gasteiger partial charge in [0.2, 0.25) is 0 Å². The van der Waals surface area contributed by atoms with Crippen LogP contribution in [0.4, 0.5) is 14.5 Å². The van der Waals surface area contributed by atoms with Gasteiger partial charge in [0.1, 0.15) is 28.5 Å². The van der Waals surface area contributed by atoms with Gasteiger partial charge in [-0.2, -0.15) is 5.26 Å². The molecule has 144 valence electrons. The van der Waals surface area contributed by atoms with Crippen molar-refractivity contribution in [3.8, 4) is 11.8 Å². The lowest BCUT2D eigenvalue weighted by Crippen LogP contribution is -2.16. The molecule has 7 nitrogen and oxygen atoms in total. The summed E-state index contributed by atoms with van der Waals surface area (Å²) in [6, 6.07) is 7.61. The zero-order chi connectivity index (χ0) is 20.3. The normalized spacial score (nSPS) is 12.0. The number of nitrogens with one attached hydrogen (secondary N) is 1. The Morgan fingerprint density at radius 3 is 2.79 bits per heavy atom. The third-order valence-electron chi connectivity index (χ3n) is 3.99. The highest BCUT2D eigenvalue weighted by Crippen LogP contribution is 2.28. The van der Waals surface area contributed by atoms with E-state index in [1.165, 1.54) is 12.1 Å². The summed E-state index contributed by atoms with van der Waals surface area (Å²) in [5.41, 5.74) is 0.857. The van der Waals surface area contributed by atoms with E-state index in [9.17, 15) is 13.6 Å². The lowest BCUT2D eigenvalue weighted by atomic mass is 10.1. The minimum Gasteiger partial charge on any atom is -0.491 e. The predicted molar refractivity (Wildman–Crippen MR) is 97.5 cm³/mol. The number of halogens is 2. The van der Waals surface area contributed by atoms with E-state index in [0.29, 0.717) is 29.4 Å². The Bertz CT molecular complexity index is 1060. The molecule has 3 aromatic heterocycles. The second kappa shape index (κ2) is 8.00. The average Bonchev–Trinajstić information content (AvgIpc) is 3.10. The minimum absolute atomic E-state index is 0.134. The number of hydrogen-bond acceptors (Lipinski definition) is 5. The summed E-state index contributed by atoms with van der Waals surface area (Å²) < 4.78 is 32.9. The average molecular weight is 385 g/mol. The van der Waals surface area contributed by atoms with Crippen molar-refractivity contribution in [1.29, 1.82) is 5.26 Å². The van der Waals surface area contributed by atoms with Gasteiger partial charge in [-0.05, 0) is 26.0 Å². The van der Waals surface area contributed by atoms with Crippen molar-refractivity contribution >= 4 is 17.2 Å². The Hall–Kier alpha value is -3.54. The molecule has 0 saturated heterocycles. The zero-order valence-corrected chi connectivity index (χ0v) is 15.2. The van der Waals surface area contributed by atoms with Crippen molar-refractivity contribution in [3.63, 3.8) is 0 Å². The van der Waals surface area contributed by atoms with Crippen LogP contribution in [0.5, 0.6) is 5.75 Å². The third-order valence-corrected chi connectivity index (χ3v) is 3.99. The van der Waals surface area contributed by atoms with Crippen LogP contribution >= 0.6 is 0 Å². The molecule has 0 aliphatic heterocycles. The van der Waals surface area contributed by atoms with Crippen LogP contribution in [0.1, 0.15) is 48.1 Å². The second-order valence-electron chi connectivity index (χ2n) is 5.97. The number of rotatable bonds is 6. The fraction of sp³-hybridized carbons (Fsp3) is 0.263. The second-order valence-corrected chi connectivity index (χ2v) is 5.97. The number of hydrogen-bond donors (Lipinski definition) is 1. The zero-order valence-electron chi connectivity index (χ0n) is 15.2. The van der Waals surface area contributed by atoms with E-state index >= 15 is 0 Å². The first-order valence-electron chi connectivity index (χ1n) is 8.54. The number of anilines is 1. The number of carbonyl (C=O) groups excluding carboxylic acids is 1. The Morgan fingerprint density at radius 1 is 1.32 bits per heavy atom. The summed E-state index contributed by atoms with van der Waals surface area (Å²) in [7, 11) is 0. The van der Waals surface area contributed by atoms with Crippen LogP contribution < -0.4 is 10.1 Å². The smallest absolute Gasteiger partial charge is 0.280 e. The monoisotopic (exact) mass is 385 g/mol. The first-order valence-corrected chi connectivity index (χ1v) is 8.54. The molecule has 0 aliphatic carbocycles. The van der Waals surface area contributed by atoms with Gasteiger partial charge in [-0.3, -0.25) is 4.79 Å². The van der Waals surface area contributed by atoms with Gasteiger partial charge in [-0.25, -0.2) is 18.7 Å². The number of carbonyl (C=O) groups is 1. The Labute approximate surface area is 159 Å². The molecule has 0 saturated carbocycles. The van der Waals surface area contributed by atoms with Crippen LogP contribution in [-0.2, 0) is 0 Å². The van der Waals surface area contributed by atoms with Gasteiger partial charge in [-0.1, -0.05) is 6.07 Å². The highest BCUT2D eigenvalue weighted by molar-refractivity contribution is 6.03. The molecule has 0 radical (unpaired) electrons. The number of nitriles is 1. The molecule has 0 aromatic carbocycles. The van der Waals surface area contributed by atoms with Crippen molar-refractivity contribution in [1.82, 2.24) is 14.4 Å². The van der Waals surface area contributed by atoms with E-state index < -0.39 is 23.9 Å². The molecule has 3 heterocycles. The molecule has 1 N–H and O–H groups in total. The van der Waals surface area contributed by atoms with Gasteiger partial charge < -0.3 is 14.5 Å². The van der Waals surface area contributed by atoms with Gasteiger partial charge in [0.25, 0.3) is 12.3 Å². The molecule has 1 atom stereocenters. The van der Waals surface area contributed by atoms with E-state index in [1.54, 1.807) is 36.7 Å². The number of alkyl halides is 2. The number of imidazole rings is 1. The lowest BCUT2D eigenvalue weighted by molar-refractivity contribution is 0.101. The van der Waals surface area contributed by atoms with Crippen LogP contribution in [0.2, 0.25) is 0 Å². The summed E-state index contributed by atoms with van der Waals surface area (Å²) >= 11 is 0. The fourth-order valence-corrected chi connectivity index (χ4v) is 2.56. The third kappa shape index (κ3) is 3.91. The minimum atomic E-state index is -2.77. The molecule has 0 bridgehead atoms. The van der Waals surface area contributed by atoms with Gasteiger partial charge in [0.15, 0.2) is 0 Å². The van der Waals surface area contributed by atoms with Crippen molar-refractivity contribution in [3.05, 3.63) is 53.7 Å². The molecule has 9 heteroatoms. The van der Waals surface area contributed by atoms with Crippen molar-refractivity contribution < 1.29 is 18.3 Å². The van der Waals surface area contributed by atoms with Gasteiger partial charge in [0.05, 0.1) is 24.3 Å². The number of ether oxygens (including phenoxy) is 1. The van der Waals surface area contributed by atoms with Crippen molar-refractivity contribution in [2.45, 2.75) is 26.2 Å². The highest BCUT2D eigenvalue weighted by Gasteiger charge is 2.17. The van der Waals surface area contributed by atoms with Gasteiger partial charge in [-0.15, -0.1) is 0 Å². The summed E-state index contributed by atoms with van der Waals surface area (Å²) in [5.74, 6) is -0.668. The molecule has 3 aromatic rings. The number of pyridine rings is 2. The molecule has 1 unspecified atom stereocenters. The summed E-state index contributed by atoms with van der Waals surface area (Å²) in [6.07, 6.45) is 0.509. The maximum absolute atomic E-state index is 12.8. The molecule has 3 rings (SSSR count). The summed E-state index contributed by atoms with van der Waals surface area (Å²) in [4.78, 5) is 20.6. The fourth-order valence-electron chi connectivity index (χ4n) is 2.56. The molecule has 0 spiro atoms. The molecular weight excluding hydrogens is 368 g/mol. The van der Waals surface area contributed by atoms with E-state index in [4.69, 9.17) is 10.00 Å². The van der Waals surface area contributed by atoms with Crippen molar-refractivity contribution in [2.24, 2.45) is 0 Å². The summed E-state index contributed by atoms with van der Waals surface area (Å²) in [5, 5.41) is 11.7. The van der Waals surface area contributed by atoms with Crippen molar-refractivity contribution in [2.75, 3.05) is 11.9 Å². The Morgan fingerprint density at radius 2 is 2.11 bits per heavy atom. The number of aromatic nitrogens is 3. The highest BCUT2D eigenvalue weighted by atomic mass is 19.3.